The molecule has 1 aliphatic rings. The second kappa shape index (κ2) is 5.67. The molecule has 7 nitrogen and oxygen atoms in total. The summed E-state index contributed by atoms with van der Waals surface area (Å²) in [6, 6.07) is 9.19. The van der Waals surface area contributed by atoms with Gasteiger partial charge in [0, 0.05) is 19.0 Å². The molecule has 1 amide bonds. The fourth-order valence-corrected chi connectivity index (χ4v) is 2.24. The van der Waals surface area contributed by atoms with Crippen LogP contribution in [0.2, 0.25) is 0 Å². The number of rotatable bonds is 6. The molecule has 0 bridgehead atoms. The summed E-state index contributed by atoms with van der Waals surface area (Å²) in [4.78, 5) is 23.8. The van der Waals surface area contributed by atoms with Gasteiger partial charge in [-0.3, -0.25) is 9.48 Å². The summed E-state index contributed by atoms with van der Waals surface area (Å²) >= 11 is 0. The molecule has 1 saturated carbocycles. The zero-order valence-electron chi connectivity index (χ0n) is 13.5. The maximum atomic E-state index is 12.5. The van der Waals surface area contributed by atoms with Gasteiger partial charge in [-0.15, -0.1) is 0 Å². The molecule has 0 unspecified atom stereocenters. The Morgan fingerprint density at radius 1 is 1.29 bits per heavy atom. The van der Waals surface area contributed by atoms with Crippen molar-refractivity contribution in [1.82, 2.24) is 9.78 Å². The van der Waals surface area contributed by atoms with Crippen LogP contribution in [0.25, 0.3) is 0 Å². The Labute approximate surface area is 139 Å². The van der Waals surface area contributed by atoms with Gasteiger partial charge in [-0.25, -0.2) is 4.79 Å². The minimum Gasteiger partial charge on any atom is -0.479 e. The fourth-order valence-electron chi connectivity index (χ4n) is 2.24. The number of carboxylic acids is 1. The highest BCUT2D eigenvalue weighted by Gasteiger charge is 2.53. The van der Waals surface area contributed by atoms with E-state index in [4.69, 9.17) is 4.74 Å². The third-order valence-corrected chi connectivity index (χ3v) is 4.11. The molecule has 0 spiro atoms. The van der Waals surface area contributed by atoms with Crippen molar-refractivity contribution in [2.24, 2.45) is 0 Å². The normalized spacial score (nSPS) is 15.6. The van der Waals surface area contributed by atoms with E-state index < -0.39 is 17.1 Å². The molecule has 2 N–H and O–H groups in total. The lowest BCUT2D eigenvalue weighted by Gasteiger charge is -2.19. The molecule has 1 heterocycles. The number of carbonyl (C=O) groups is 2. The van der Waals surface area contributed by atoms with E-state index in [0.717, 1.165) is 0 Å². The maximum absolute atomic E-state index is 12.5. The van der Waals surface area contributed by atoms with Gasteiger partial charge in [-0.2, -0.15) is 5.10 Å². The maximum Gasteiger partial charge on any atom is 0.331 e. The number of aliphatic carboxylic acids is 1. The molecule has 2 aromatic rings. The zero-order valence-corrected chi connectivity index (χ0v) is 13.5. The Morgan fingerprint density at radius 3 is 2.54 bits per heavy atom. The summed E-state index contributed by atoms with van der Waals surface area (Å²) in [5.41, 5.74) is -1.61. The zero-order chi connectivity index (χ0) is 17.4. The van der Waals surface area contributed by atoms with Crippen LogP contribution < -0.4 is 10.1 Å². The number of amides is 1. The monoisotopic (exact) mass is 329 g/mol. The van der Waals surface area contributed by atoms with E-state index in [1.54, 1.807) is 12.1 Å². The number of anilines is 1. The summed E-state index contributed by atoms with van der Waals surface area (Å²) < 4.78 is 7.13. The predicted octanol–water partition coefficient (Wildman–Crippen LogP) is 2.25. The van der Waals surface area contributed by atoms with Crippen molar-refractivity contribution in [1.29, 1.82) is 0 Å². The number of ether oxygens (including phenoxy) is 1. The average molecular weight is 329 g/mol. The lowest BCUT2D eigenvalue weighted by Crippen LogP contribution is -2.36. The van der Waals surface area contributed by atoms with Gasteiger partial charge in [-0.1, -0.05) is 18.2 Å². The first-order valence-electron chi connectivity index (χ1n) is 7.68. The molecule has 7 heteroatoms. The van der Waals surface area contributed by atoms with Gasteiger partial charge >= 0.3 is 5.97 Å². The van der Waals surface area contributed by atoms with E-state index in [1.165, 1.54) is 30.9 Å². The Bertz CT molecular complexity index is 763. The Hall–Kier alpha value is -2.83. The van der Waals surface area contributed by atoms with Crippen LogP contribution in [-0.2, 0) is 15.1 Å². The molecule has 0 radical (unpaired) electrons. The molecular formula is C17H19N3O4. The molecule has 24 heavy (non-hydrogen) atoms. The van der Waals surface area contributed by atoms with Gasteiger partial charge < -0.3 is 15.2 Å². The Morgan fingerprint density at radius 2 is 1.96 bits per heavy atom. The number of para-hydroxylation sites is 1. The number of aromatic nitrogens is 2. The van der Waals surface area contributed by atoms with Gasteiger partial charge in [-0.05, 0) is 26.0 Å². The van der Waals surface area contributed by atoms with Crippen molar-refractivity contribution in [2.75, 3.05) is 5.32 Å². The number of nitrogens with zero attached hydrogens (tertiary/aromatic N) is 2. The third-order valence-electron chi connectivity index (χ3n) is 4.11. The van der Waals surface area contributed by atoms with Crippen LogP contribution in [0.4, 0.5) is 5.69 Å². The van der Waals surface area contributed by atoms with Crippen LogP contribution in [0.1, 0.15) is 26.7 Å². The van der Waals surface area contributed by atoms with Crippen LogP contribution in [0.15, 0.2) is 42.7 Å². The van der Waals surface area contributed by atoms with E-state index in [2.05, 4.69) is 10.4 Å². The lowest BCUT2D eigenvalue weighted by atomic mass is 10.1. The van der Waals surface area contributed by atoms with E-state index >= 15 is 0 Å². The van der Waals surface area contributed by atoms with Crippen molar-refractivity contribution in [3.05, 3.63) is 42.7 Å². The average Bonchev–Trinajstić information content (AvgIpc) is 3.17. The SMILES string of the molecule is CC(C)(C(=O)O)n1cc(NC(=O)C2(Oc3ccccc3)CC2)cn1. The highest BCUT2D eigenvalue weighted by atomic mass is 16.5. The standard InChI is InChI=1S/C17H19N3O4/c1-16(2,15(22)23)20-11-12(10-18-20)19-14(21)17(8-9-17)24-13-6-4-3-5-7-13/h3-7,10-11H,8-9H2,1-2H3,(H,19,21)(H,22,23). The van der Waals surface area contributed by atoms with E-state index in [0.29, 0.717) is 24.3 Å². The van der Waals surface area contributed by atoms with Gasteiger partial charge in [0.1, 0.15) is 5.75 Å². The van der Waals surface area contributed by atoms with Gasteiger partial charge in [0.2, 0.25) is 0 Å². The summed E-state index contributed by atoms with van der Waals surface area (Å²) in [5, 5.41) is 16.0. The third kappa shape index (κ3) is 2.97. The molecule has 0 aliphatic heterocycles. The number of carbonyl (C=O) groups excluding carboxylic acids is 1. The van der Waals surface area contributed by atoms with Gasteiger partial charge in [0.05, 0.1) is 11.9 Å². The van der Waals surface area contributed by atoms with Crippen LogP contribution in [0, 0.1) is 0 Å². The first-order valence-corrected chi connectivity index (χ1v) is 7.68. The van der Waals surface area contributed by atoms with Crippen molar-refractivity contribution < 1.29 is 19.4 Å². The molecule has 1 aromatic heterocycles. The Balaban J connectivity index is 1.69. The molecular weight excluding hydrogens is 310 g/mol. The number of benzene rings is 1. The van der Waals surface area contributed by atoms with Crippen LogP contribution in [-0.4, -0.2) is 32.4 Å². The van der Waals surface area contributed by atoms with E-state index in [1.807, 2.05) is 18.2 Å². The van der Waals surface area contributed by atoms with Crippen molar-refractivity contribution in [2.45, 2.75) is 37.8 Å². The lowest BCUT2D eigenvalue weighted by molar-refractivity contribution is -0.146. The first-order chi connectivity index (χ1) is 11.3. The molecule has 1 aliphatic carbocycles. The molecule has 1 fully saturated rings. The van der Waals surface area contributed by atoms with Crippen LogP contribution >= 0.6 is 0 Å². The highest BCUT2D eigenvalue weighted by molar-refractivity contribution is 5.99. The van der Waals surface area contributed by atoms with Crippen molar-refractivity contribution in [3.63, 3.8) is 0 Å². The predicted molar refractivity (Wildman–Crippen MR) is 86.8 cm³/mol. The highest BCUT2D eigenvalue weighted by Crippen LogP contribution is 2.41. The van der Waals surface area contributed by atoms with Crippen molar-refractivity contribution in [3.8, 4) is 5.75 Å². The van der Waals surface area contributed by atoms with E-state index in [-0.39, 0.29) is 5.91 Å². The molecule has 126 valence electrons. The summed E-state index contributed by atoms with van der Waals surface area (Å²) in [7, 11) is 0. The van der Waals surface area contributed by atoms with Crippen LogP contribution in [0.5, 0.6) is 5.75 Å². The number of carboxylic acid groups (broad SMARTS) is 1. The first kappa shape index (κ1) is 16.0. The fraction of sp³-hybridized carbons (Fsp3) is 0.353. The number of nitrogens with one attached hydrogen (secondary N) is 1. The van der Waals surface area contributed by atoms with Crippen LogP contribution in [0.3, 0.4) is 0 Å². The largest absolute Gasteiger partial charge is 0.479 e. The smallest absolute Gasteiger partial charge is 0.331 e. The molecule has 0 atom stereocenters. The topological polar surface area (TPSA) is 93.5 Å². The molecule has 3 rings (SSSR count). The summed E-state index contributed by atoms with van der Waals surface area (Å²) in [6.07, 6.45) is 4.22. The van der Waals surface area contributed by atoms with E-state index in [9.17, 15) is 14.7 Å². The minimum absolute atomic E-state index is 0.251. The van der Waals surface area contributed by atoms with Gasteiger partial charge in [0.25, 0.3) is 5.91 Å². The van der Waals surface area contributed by atoms with Crippen molar-refractivity contribution >= 4 is 17.6 Å². The number of hydrogen-bond acceptors (Lipinski definition) is 4. The quantitative estimate of drug-likeness (QED) is 0.848. The molecule has 0 saturated heterocycles. The second-order valence-corrected chi connectivity index (χ2v) is 6.40. The second-order valence-electron chi connectivity index (χ2n) is 6.40. The minimum atomic E-state index is -1.19. The Kier molecular flexibility index (Phi) is 3.79. The summed E-state index contributed by atoms with van der Waals surface area (Å²) in [6.45, 7) is 3.07. The number of hydrogen-bond donors (Lipinski definition) is 2. The molecule has 1 aromatic carbocycles. The van der Waals surface area contributed by atoms with Gasteiger partial charge in [0.15, 0.2) is 11.1 Å². The summed E-state index contributed by atoms with van der Waals surface area (Å²) in [5.74, 6) is -0.610.